The van der Waals surface area contributed by atoms with E-state index in [1.165, 1.54) is 17.5 Å². The van der Waals surface area contributed by atoms with Crippen molar-refractivity contribution in [2.75, 3.05) is 13.2 Å². The van der Waals surface area contributed by atoms with Crippen LogP contribution in [0.2, 0.25) is 0 Å². The second-order valence-electron chi connectivity index (χ2n) is 8.10. The fourth-order valence-electron chi connectivity index (χ4n) is 2.28. The van der Waals surface area contributed by atoms with Gasteiger partial charge in [0.1, 0.15) is 0 Å². The molecular weight excluding hydrogens is 328 g/mol. The minimum Gasteiger partial charge on any atom is -0.465 e. The predicted octanol–water partition coefficient (Wildman–Crippen LogP) is 4.64. The molecule has 0 saturated carbocycles. The van der Waals surface area contributed by atoms with Crippen molar-refractivity contribution < 1.29 is 19.1 Å². The van der Waals surface area contributed by atoms with Gasteiger partial charge in [-0.25, -0.2) is 0 Å². The highest BCUT2D eigenvalue weighted by Gasteiger charge is 2.27. The molecule has 0 radical (unpaired) electrons. The smallest absolute Gasteiger partial charge is 0.309 e. The van der Waals surface area contributed by atoms with E-state index in [1.54, 1.807) is 0 Å². The highest BCUT2D eigenvalue weighted by atomic mass is 16.5. The average Bonchev–Trinajstić information content (AvgIpc) is 3.35. The van der Waals surface area contributed by atoms with Gasteiger partial charge in [0.25, 0.3) is 0 Å². The summed E-state index contributed by atoms with van der Waals surface area (Å²) in [5.41, 5.74) is 3.06. The molecule has 0 amide bonds. The van der Waals surface area contributed by atoms with Gasteiger partial charge >= 0.3 is 11.9 Å². The summed E-state index contributed by atoms with van der Waals surface area (Å²) in [6.07, 6.45) is 1.34. The first kappa shape index (κ1) is 22.2. The van der Waals surface area contributed by atoms with Crippen molar-refractivity contribution >= 4 is 11.9 Å². The molecule has 0 saturated heterocycles. The molecule has 0 fully saturated rings. The van der Waals surface area contributed by atoms with Crippen LogP contribution in [-0.2, 0) is 25.5 Å². The summed E-state index contributed by atoms with van der Waals surface area (Å²) in [6.45, 7) is 12.5. The van der Waals surface area contributed by atoms with Crippen molar-refractivity contribution in [1.29, 1.82) is 0 Å². The number of hydrogen-bond donors (Lipinski definition) is 0. The zero-order valence-electron chi connectivity index (χ0n) is 17.1. The number of carbonyl (C=O) groups is 2. The third kappa shape index (κ3) is 9.02. The first-order valence-electron chi connectivity index (χ1n) is 9.59. The third-order valence-corrected chi connectivity index (χ3v) is 4.00. The maximum absolute atomic E-state index is 11.9. The molecule has 1 aromatic carbocycles. The van der Waals surface area contributed by atoms with Crippen molar-refractivity contribution in [2.24, 2.45) is 23.7 Å². The first-order valence-corrected chi connectivity index (χ1v) is 9.59. The van der Waals surface area contributed by atoms with E-state index in [9.17, 15) is 9.59 Å². The Hall–Kier alpha value is -1.84. The third-order valence-electron chi connectivity index (χ3n) is 4.00. The van der Waals surface area contributed by atoms with E-state index < -0.39 is 5.92 Å². The van der Waals surface area contributed by atoms with Gasteiger partial charge in [-0.05, 0) is 35.3 Å². The lowest BCUT2D eigenvalue weighted by Gasteiger charge is -2.19. The average molecular weight is 363 g/mol. The van der Waals surface area contributed by atoms with E-state index in [1.807, 2.05) is 41.5 Å². The molecular formula is C22H34O4. The molecule has 0 aliphatic heterocycles. The minimum absolute atomic E-state index is 0.0614. The van der Waals surface area contributed by atoms with E-state index in [-0.39, 0.29) is 24.3 Å². The molecule has 0 heterocycles. The summed E-state index contributed by atoms with van der Waals surface area (Å²) in [4.78, 5) is 23.6. The van der Waals surface area contributed by atoms with E-state index in [2.05, 4.69) is 24.3 Å². The van der Waals surface area contributed by atoms with Crippen molar-refractivity contribution in [2.45, 2.75) is 54.4 Å². The van der Waals surface area contributed by atoms with Gasteiger partial charge in [0.05, 0.1) is 25.6 Å². The summed E-state index contributed by atoms with van der Waals surface area (Å²) in [5.74, 6) is -0.386. The molecule has 0 aromatic heterocycles. The SMILES string of the molecule is CC(C)COC(=O)CC(C(=O)OCC(C)C)C(C)C.c1ccc2c(c1)C2. The van der Waals surface area contributed by atoms with Gasteiger partial charge in [-0.1, -0.05) is 65.8 Å². The molecule has 1 unspecified atom stereocenters. The van der Waals surface area contributed by atoms with Gasteiger partial charge in [0, 0.05) is 0 Å². The van der Waals surface area contributed by atoms with Crippen LogP contribution in [0.25, 0.3) is 0 Å². The number of ether oxygens (including phenoxy) is 2. The summed E-state index contributed by atoms with van der Waals surface area (Å²) < 4.78 is 10.3. The molecule has 0 spiro atoms. The minimum atomic E-state index is -0.418. The van der Waals surface area contributed by atoms with Crippen LogP contribution in [0.3, 0.4) is 0 Å². The summed E-state index contributed by atoms with van der Waals surface area (Å²) in [5, 5.41) is 0. The number of carbonyl (C=O) groups excluding carboxylic acids is 2. The molecule has 26 heavy (non-hydrogen) atoms. The van der Waals surface area contributed by atoms with Crippen LogP contribution in [0.15, 0.2) is 24.3 Å². The number of esters is 2. The van der Waals surface area contributed by atoms with Gasteiger partial charge in [0.15, 0.2) is 0 Å². The standard InChI is InChI=1S/C15H28O4.C7H6/c1-10(2)8-18-14(16)7-13(12(5)6)15(17)19-9-11(3)4;1-2-4-7-5-6(7)3-1/h10-13H,7-9H2,1-6H3;1-4H,5H2. The molecule has 2 rings (SSSR count). The van der Waals surface area contributed by atoms with Crippen LogP contribution in [0.1, 0.15) is 59.1 Å². The van der Waals surface area contributed by atoms with E-state index in [0.29, 0.717) is 25.0 Å². The number of benzene rings is 1. The van der Waals surface area contributed by atoms with Gasteiger partial charge in [-0.3, -0.25) is 9.59 Å². The lowest BCUT2D eigenvalue weighted by molar-refractivity contribution is -0.158. The van der Waals surface area contributed by atoms with Crippen LogP contribution < -0.4 is 0 Å². The summed E-state index contributed by atoms with van der Waals surface area (Å²) in [6, 6.07) is 8.53. The van der Waals surface area contributed by atoms with Gasteiger partial charge in [-0.2, -0.15) is 0 Å². The maximum Gasteiger partial charge on any atom is 0.309 e. The molecule has 1 aromatic rings. The molecule has 146 valence electrons. The fraction of sp³-hybridized carbons (Fsp3) is 0.636. The van der Waals surface area contributed by atoms with Crippen molar-refractivity contribution in [1.82, 2.24) is 0 Å². The van der Waals surface area contributed by atoms with Gasteiger partial charge < -0.3 is 9.47 Å². The Labute approximate surface area is 158 Å². The van der Waals surface area contributed by atoms with Crippen LogP contribution in [0, 0.1) is 23.7 Å². The van der Waals surface area contributed by atoms with E-state index >= 15 is 0 Å². The second kappa shape index (κ2) is 11.0. The zero-order chi connectivity index (χ0) is 19.7. The second-order valence-corrected chi connectivity index (χ2v) is 8.10. The predicted molar refractivity (Wildman–Crippen MR) is 104 cm³/mol. The summed E-state index contributed by atoms with van der Waals surface area (Å²) in [7, 11) is 0. The Bertz CT molecular complexity index is 554. The topological polar surface area (TPSA) is 52.6 Å². The quantitative estimate of drug-likeness (QED) is 0.642. The monoisotopic (exact) mass is 362 g/mol. The van der Waals surface area contributed by atoms with Crippen LogP contribution in [0.4, 0.5) is 0 Å². The Morgan fingerprint density at radius 3 is 1.81 bits per heavy atom. The molecule has 0 bridgehead atoms. The zero-order valence-corrected chi connectivity index (χ0v) is 17.1. The normalized spacial score (nSPS) is 13.0. The van der Waals surface area contributed by atoms with Gasteiger partial charge in [-0.15, -0.1) is 0 Å². The number of fused-ring (bicyclic) bond motifs is 1. The van der Waals surface area contributed by atoms with Crippen molar-refractivity contribution in [3.8, 4) is 0 Å². The largest absolute Gasteiger partial charge is 0.465 e. The molecule has 0 N–H and O–H groups in total. The van der Waals surface area contributed by atoms with Gasteiger partial charge in [0.2, 0.25) is 0 Å². The number of hydrogen-bond acceptors (Lipinski definition) is 4. The summed E-state index contributed by atoms with van der Waals surface area (Å²) >= 11 is 0. The Balaban J connectivity index is 0.000000389. The van der Waals surface area contributed by atoms with E-state index in [4.69, 9.17) is 9.47 Å². The highest BCUT2D eigenvalue weighted by Crippen LogP contribution is 2.25. The van der Waals surface area contributed by atoms with E-state index in [0.717, 1.165) is 0 Å². The molecule has 4 nitrogen and oxygen atoms in total. The van der Waals surface area contributed by atoms with Crippen LogP contribution >= 0.6 is 0 Å². The Kier molecular flexibility index (Phi) is 9.39. The van der Waals surface area contributed by atoms with Crippen LogP contribution in [-0.4, -0.2) is 25.2 Å². The fourth-order valence-corrected chi connectivity index (χ4v) is 2.28. The first-order chi connectivity index (χ1) is 12.2. The van der Waals surface area contributed by atoms with Crippen LogP contribution in [0.5, 0.6) is 0 Å². The number of rotatable bonds is 8. The molecule has 1 aliphatic rings. The van der Waals surface area contributed by atoms with Crippen molar-refractivity contribution in [3.05, 3.63) is 35.4 Å². The maximum atomic E-state index is 11.9. The van der Waals surface area contributed by atoms with Crippen molar-refractivity contribution in [3.63, 3.8) is 0 Å². The Morgan fingerprint density at radius 1 is 0.885 bits per heavy atom. The lowest BCUT2D eigenvalue weighted by Crippen LogP contribution is -2.27. The Morgan fingerprint density at radius 2 is 1.38 bits per heavy atom. The molecule has 1 aliphatic carbocycles. The lowest BCUT2D eigenvalue weighted by atomic mass is 9.92. The molecule has 1 atom stereocenters. The highest BCUT2D eigenvalue weighted by molar-refractivity contribution is 5.80. The molecule has 4 heteroatoms.